The predicted octanol–water partition coefficient (Wildman–Crippen LogP) is 12.6. The van der Waals surface area contributed by atoms with E-state index in [-0.39, 0.29) is 6.04 Å². The Hall–Kier alpha value is -6.77. The first-order chi connectivity index (χ1) is 25.8. The van der Waals surface area contributed by atoms with Crippen molar-refractivity contribution in [3.63, 3.8) is 0 Å². The number of fused-ring (bicyclic) bond motifs is 3. The van der Waals surface area contributed by atoms with Gasteiger partial charge in [0.2, 0.25) is 0 Å². The summed E-state index contributed by atoms with van der Waals surface area (Å²) in [5.74, 6) is 0.877. The molecule has 0 spiro atoms. The standard InChI is InChI=1S/C50H34N2/c1-5-15-33(16-6-1)43-31-42(47(38-19-9-3-10-20-38)49-41-26-14-24-37-23-13-25-40(46(37)41)48(43)49)34-27-29-36(30-28-34)45-32-44(35-17-7-2-8-18-35)51-50(52-45)39-21-11-4-12-22-39/h1-32,45H,(H,51,52). The second-order valence-corrected chi connectivity index (χ2v) is 13.5. The monoisotopic (exact) mass is 662 g/mol. The molecule has 52 heavy (non-hydrogen) atoms. The summed E-state index contributed by atoms with van der Waals surface area (Å²) in [6.07, 6.45) is 2.24. The molecule has 8 aromatic carbocycles. The number of nitrogens with one attached hydrogen (secondary N) is 1. The number of rotatable bonds is 6. The lowest BCUT2D eigenvalue weighted by molar-refractivity contribution is 0.880. The number of benzene rings is 8. The molecule has 1 atom stereocenters. The Morgan fingerprint density at radius 3 is 1.54 bits per heavy atom. The Labute approximate surface area is 304 Å². The van der Waals surface area contributed by atoms with Gasteiger partial charge >= 0.3 is 0 Å². The zero-order chi connectivity index (χ0) is 34.4. The first-order valence-corrected chi connectivity index (χ1v) is 17.9. The number of hydrogen-bond acceptors (Lipinski definition) is 2. The molecule has 0 radical (unpaired) electrons. The van der Waals surface area contributed by atoms with Crippen LogP contribution in [0.4, 0.5) is 0 Å². The van der Waals surface area contributed by atoms with Gasteiger partial charge in [-0.05, 0) is 89.7 Å². The second-order valence-electron chi connectivity index (χ2n) is 13.5. The van der Waals surface area contributed by atoms with Gasteiger partial charge < -0.3 is 5.32 Å². The molecule has 0 saturated heterocycles. The van der Waals surface area contributed by atoms with Crippen molar-refractivity contribution < 1.29 is 0 Å². The van der Waals surface area contributed by atoms with Crippen LogP contribution in [0.3, 0.4) is 0 Å². The van der Waals surface area contributed by atoms with Crippen LogP contribution in [0.25, 0.3) is 72.1 Å². The van der Waals surface area contributed by atoms with Gasteiger partial charge in [-0.15, -0.1) is 0 Å². The van der Waals surface area contributed by atoms with Gasteiger partial charge in [-0.3, -0.25) is 4.99 Å². The minimum absolute atomic E-state index is 0.138. The molecule has 2 aliphatic rings. The molecule has 2 heteroatoms. The fourth-order valence-electron chi connectivity index (χ4n) is 8.06. The molecule has 0 amide bonds. The molecule has 0 bridgehead atoms. The van der Waals surface area contributed by atoms with E-state index in [4.69, 9.17) is 4.99 Å². The van der Waals surface area contributed by atoms with Gasteiger partial charge in [0.1, 0.15) is 5.84 Å². The zero-order valence-electron chi connectivity index (χ0n) is 28.5. The Morgan fingerprint density at radius 2 is 0.904 bits per heavy atom. The molecule has 0 fully saturated rings. The maximum Gasteiger partial charge on any atom is 0.133 e. The highest BCUT2D eigenvalue weighted by Crippen LogP contribution is 2.57. The topological polar surface area (TPSA) is 24.4 Å². The lowest BCUT2D eigenvalue weighted by Crippen LogP contribution is -2.27. The van der Waals surface area contributed by atoms with E-state index >= 15 is 0 Å². The molecular weight excluding hydrogens is 629 g/mol. The van der Waals surface area contributed by atoms with E-state index in [1.54, 1.807) is 0 Å². The SMILES string of the molecule is C1=C(c2ccccc2)NC(c2ccccc2)=NC1c1ccc(-c2cc(-c3ccccc3)c3c(c2-c2ccccc2)-c2cccc4cccc-3c24)cc1. The summed E-state index contributed by atoms with van der Waals surface area (Å²) in [7, 11) is 0. The van der Waals surface area contributed by atoms with E-state index in [9.17, 15) is 0 Å². The Balaban J connectivity index is 1.17. The Kier molecular flexibility index (Phi) is 7.25. The van der Waals surface area contributed by atoms with Crippen LogP contribution in [0.2, 0.25) is 0 Å². The molecular formula is C50H34N2. The Morgan fingerprint density at radius 1 is 0.385 bits per heavy atom. The largest absolute Gasteiger partial charge is 0.340 e. The van der Waals surface area contributed by atoms with E-state index < -0.39 is 0 Å². The van der Waals surface area contributed by atoms with Crippen molar-refractivity contribution in [1.29, 1.82) is 0 Å². The van der Waals surface area contributed by atoms with Crippen molar-refractivity contribution in [2.45, 2.75) is 6.04 Å². The lowest BCUT2D eigenvalue weighted by Gasteiger charge is -2.24. The molecule has 244 valence electrons. The zero-order valence-corrected chi connectivity index (χ0v) is 28.5. The molecule has 0 aromatic heterocycles. The normalized spacial score (nSPS) is 14.3. The lowest BCUT2D eigenvalue weighted by atomic mass is 9.82. The quantitative estimate of drug-likeness (QED) is 0.188. The van der Waals surface area contributed by atoms with E-state index in [0.717, 1.165) is 28.2 Å². The molecule has 0 saturated carbocycles. The third kappa shape index (κ3) is 5.08. The maximum atomic E-state index is 5.24. The van der Waals surface area contributed by atoms with Crippen molar-refractivity contribution >= 4 is 22.3 Å². The van der Waals surface area contributed by atoms with E-state index in [2.05, 4.69) is 193 Å². The summed E-state index contributed by atoms with van der Waals surface area (Å²) in [6.45, 7) is 0. The molecule has 1 unspecified atom stereocenters. The minimum atomic E-state index is -0.138. The smallest absolute Gasteiger partial charge is 0.133 e. The molecule has 1 aliphatic heterocycles. The fraction of sp³-hybridized carbons (Fsp3) is 0.0200. The number of aliphatic imine (C=N–C) groups is 1. The van der Waals surface area contributed by atoms with Crippen LogP contribution < -0.4 is 5.32 Å². The van der Waals surface area contributed by atoms with Gasteiger partial charge in [0, 0.05) is 11.3 Å². The highest BCUT2D eigenvalue weighted by Gasteiger charge is 2.30. The number of hydrogen-bond donors (Lipinski definition) is 1. The van der Waals surface area contributed by atoms with Crippen molar-refractivity contribution in [2.75, 3.05) is 0 Å². The van der Waals surface area contributed by atoms with E-state index in [1.165, 1.54) is 66.4 Å². The van der Waals surface area contributed by atoms with Crippen molar-refractivity contribution in [1.82, 2.24) is 5.32 Å². The maximum absolute atomic E-state index is 5.24. The molecule has 8 aromatic rings. The van der Waals surface area contributed by atoms with Gasteiger partial charge in [0.15, 0.2) is 0 Å². The van der Waals surface area contributed by atoms with Gasteiger partial charge in [-0.25, -0.2) is 0 Å². The summed E-state index contributed by atoms with van der Waals surface area (Å²) in [4.78, 5) is 5.24. The van der Waals surface area contributed by atoms with Crippen LogP contribution in [0.15, 0.2) is 199 Å². The van der Waals surface area contributed by atoms with Crippen molar-refractivity contribution in [3.8, 4) is 55.6 Å². The molecule has 10 rings (SSSR count). The van der Waals surface area contributed by atoms with Crippen LogP contribution in [0.1, 0.15) is 22.7 Å². The molecule has 2 nitrogen and oxygen atoms in total. The van der Waals surface area contributed by atoms with Crippen LogP contribution >= 0.6 is 0 Å². The summed E-state index contributed by atoms with van der Waals surface area (Å²) in [6, 6.07) is 67.6. The highest BCUT2D eigenvalue weighted by atomic mass is 15.0. The highest BCUT2D eigenvalue weighted by molar-refractivity contribution is 6.22. The van der Waals surface area contributed by atoms with Crippen LogP contribution in [0, 0.1) is 0 Å². The van der Waals surface area contributed by atoms with Crippen LogP contribution in [-0.2, 0) is 0 Å². The van der Waals surface area contributed by atoms with Gasteiger partial charge in [0.25, 0.3) is 0 Å². The Bertz CT molecular complexity index is 2600. The van der Waals surface area contributed by atoms with Crippen molar-refractivity contribution in [3.05, 3.63) is 211 Å². The van der Waals surface area contributed by atoms with E-state index in [1.807, 2.05) is 6.07 Å². The minimum Gasteiger partial charge on any atom is -0.340 e. The number of nitrogens with zero attached hydrogens (tertiary/aromatic N) is 1. The van der Waals surface area contributed by atoms with Crippen LogP contribution in [-0.4, -0.2) is 5.84 Å². The summed E-state index contributed by atoms with van der Waals surface area (Å²) >= 11 is 0. The molecule has 1 N–H and O–H groups in total. The van der Waals surface area contributed by atoms with Crippen molar-refractivity contribution in [2.24, 2.45) is 4.99 Å². The molecule has 1 aliphatic carbocycles. The van der Waals surface area contributed by atoms with Crippen LogP contribution in [0.5, 0.6) is 0 Å². The average molecular weight is 663 g/mol. The second kappa shape index (κ2) is 12.5. The fourth-order valence-corrected chi connectivity index (χ4v) is 8.06. The summed E-state index contributed by atoms with van der Waals surface area (Å²) < 4.78 is 0. The van der Waals surface area contributed by atoms with Gasteiger partial charge in [-0.1, -0.05) is 182 Å². The third-order valence-electron chi connectivity index (χ3n) is 10.5. The van der Waals surface area contributed by atoms with Gasteiger partial charge in [0.05, 0.1) is 6.04 Å². The predicted molar refractivity (Wildman–Crippen MR) is 218 cm³/mol. The van der Waals surface area contributed by atoms with Gasteiger partial charge in [-0.2, -0.15) is 0 Å². The summed E-state index contributed by atoms with van der Waals surface area (Å²) in [5, 5.41) is 6.23. The third-order valence-corrected chi connectivity index (χ3v) is 10.5. The van der Waals surface area contributed by atoms with E-state index in [0.29, 0.717) is 0 Å². The first-order valence-electron chi connectivity index (χ1n) is 17.9. The number of amidine groups is 1. The average Bonchev–Trinajstić information content (AvgIpc) is 3.57. The first kappa shape index (κ1) is 30.1. The molecule has 1 heterocycles. The summed E-state index contributed by atoms with van der Waals surface area (Å²) in [5.41, 5.74) is 17.0.